The molecule has 9 nitrogen and oxygen atoms in total. The average molecular weight is 491 g/mol. The second-order valence-corrected chi connectivity index (χ2v) is 8.41. The van der Waals surface area contributed by atoms with Crippen molar-refractivity contribution >= 4 is 40.3 Å². The molecule has 35 heavy (non-hydrogen) atoms. The molecule has 0 saturated carbocycles. The van der Waals surface area contributed by atoms with Crippen LogP contribution in [0.3, 0.4) is 0 Å². The number of hydrogen-bond donors (Lipinski definition) is 0. The second kappa shape index (κ2) is 10.3. The summed E-state index contributed by atoms with van der Waals surface area (Å²) in [6.07, 6.45) is 1.35. The number of carbonyl (C=O) groups is 1. The van der Waals surface area contributed by atoms with Crippen molar-refractivity contribution < 1.29 is 24.3 Å². The van der Waals surface area contributed by atoms with Crippen molar-refractivity contribution in [3.05, 3.63) is 92.9 Å². The molecule has 0 aliphatic carbocycles. The second-order valence-electron chi connectivity index (χ2n) is 7.40. The first-order valence-corrected chi connectivity index (χ1v) is 11.2. The zero-order valence-electron chi connectivity index (χ0n) is 18.8. The number of aliphatic imine (C=N–C) groups is 1. The van der Waals surface area contributed by atoms with Crippen LogP contribution >= 0.6 is 11.8 Å². The van der Waals surface area contributed by atoms with E-state index in [1.807, 2.05) is 42.5 Å². The molecular formula is C25H20N3O6S-. The van der Waals surface area contributed by atoms with Crippen molar-refractivity contribution in [3.8, 4) is 17.2 Å². The third-order valence-electron chi connectivity index (χ3n) is 5.15. The number of para-hydroxylation sites is 1. The highest BCUT2D eigenvalue weighted by atomic mass is 32.2. The van der Waals surface area contributed by atoms with E-state index in [9.17, 15) is 20.0 Å². The van der Waals surface area contributed by atoms with E-state index in [0.717, 1.165) is 29.5 Å². The Kier molecular flexibility index (Phi) is 7.02. The molecule has 1 saturated heterocycles. The van der Waals surface area contributed by atoms with Crippen LogP contribution in [-0.2, 0) is 11.3 Å². The fourth-order valence-corrected chi connectivity index (χ4v) is 4.36. The molecule has 1 amide bonds. The standard InChI is InChI=1S/C25H21N3O6S/c1-33-20-10-8-16(9-11-20)15-27-24(30)22(35-25(27)26-18-6-4-3-5-7-18)13-17-12-19(28(31)32)14-21(34-2)23(17)29/h3-14,29H,15H2,1-2H3/p-1/b22-13-,26-25?. The van der Waals surface area contributed by atoms with Crippen molar-refractivity contribution in [2.24, 2.45) is 4.99 Å². The molecule has 1 fully saturated rings. The molecule has 4 rings (SSSR count). The Bertz CT molecular complexity index is 1320. The van der Waals surface area contributed by atoms with Crippen molar-refractivity contribution in [1.29, 1.82) is 0 Å². The number of thioether (sulfide) groups is 1. The molecule has 0 atom stereocenters. The van der Waals surface area contributed by atoms with Gasteiger partial charge in [-0.25, -0.2) is 4.99 Å². The van der Waals surface area contributed by atoms with Crippen molar-refractivity contribution in [3.63, 3.8) is 0 Å². The van der Waals surface area contributed by atoms with E-state index < -0.39 is 10.7 Å². The molecule has 0 bridgehead atoms. The molecule has 3 aromatic carbocycles. The van der Waals surface area contributed by atoms with E-state index in [1.165, 1.54) is 18.1 Å². The minimum Gasteiger partial charge on any atom is -0.870 e. The molecule has 1 aliphatic rings. The van der Waals surface area contributed by atoms with Gasteiger partial charge in [0.1, 0.15) is 11.5 Å². The number of amides is 1. The fourth-order valence-electron chi connectivity index (χ4n) is 3.37. The zero-order chi connectivity index (χ0) is 24.9. The van der Waals surface area contributed by atoms with E-state index in [1.54, 1.807) is 19.2 Å². The van der Waals surface area contributed by atoms with Crippen LogP contribution in [0.15, 0.2) is 76.6 Å². The van der Waals surface area contributed by atoms with E-state index >= 15 is 0 Å². The topological polar surface area (TPSA) is 117 Å². The molecule has 178 valence electrons. The number of hydrogen-bond acceptors (Lipinski definition) is 8. The van der Waals surface area contributed by atoms with Gasteiger partial charge in [-0.2, -0.15) is 0 Å². The van der Waals surface area contributed by atoms with Gasteiger partial charge >= 0.3 is 0 Å². The highest BCUT2D eigenvalue weighted by Gasteiger charge is 2.33. The number of nitro groups is 1. The lowest BCUT2D eigenvalue weighted by molar-refractivity contribution is -0.385. The van der Waals surface area contributed by atoms with Gasteiger partial charge in [-0.3, -0.25) is 19.8 Å². The van der Waals surface area contributed by atoms with Gasteiger partial charge in [0.15, 0.2) is 5.17 Å². The van der Waals surface area contributed by atoms with Gasteiger partial charge in [0.25, 0.3) is 11.6 Å². The van der Waals surface area contributed by atoms with Gasteiger partial charge in [0, 0.05) is 6.07 Å². The lowest BCUT2D eigenvalue weighted by Crippen LogP contribution is -2.28. The van der Waals surface area contributed by atoms with E-state index in [4.69, 9.17) is 9.47 Å². The highest BCUT2D eigenvalue weighted by molar-refractivity contribution is 8.18. The molecule has 0 unspecified atom stereocenters. The Balaban J connectivity index is 1.75. The normalized spacial score (nSPS) is 15.6. The Hall–Kier alpha value is -4.31. The van der Waals surface area contributed by atoms with Crippen LogP contribution in [-0.4, -0.2) is 35.1 Å². The molecule has 10 heteroatoms. The number of nitro benzene ring substituents is 1. The third-order valence-corrected chi connectivity index (χ3v) is 6.16. The lowest BCUT2D eigenvalue weighted by Gasteiger charge is -2.16. The smallest absolute Gasteiger partial charge is 0.273 e. The van der Waals surface area contributed by atoms with E-state index in [2.05, 4.69) is 4.99 Å². The molecule has 3 aromatic rings. The summed E-state index contributed by atoms with van der Waals surface area (Å²) >= 11 is 1.09. The number of carbonyl (C=O) groups excluding carboxylic acids is 1. The predicted octanol–water partition coefficient (Wildman–Crippen LogP) is 4.49. The summed E-state index contributed by atoms with van der Waals surface area (Å²) in [6, 6.07) is 18.6. The first-order chi connectivity index (χ1) is 16.9. The quantitative estimate of drug-likeness (QED) is 0.272. The van der Waals surface area contributed by atoms with E-state index in [0.29, 0.717) is 16.6 Å². The van der Waals surface area contributed by atoms with Gasteiger partial charge < -0.3 is 14.6 Å². The SMILES string of the molecule is COc1ccc(CN2C(=O)/C(=C/c3cc([N+](=O)[O-])cc(OC)c3[O-])SC2=Nc2ccccc2)cc1. The molecule has 1 heterocycles. The van der Waals surface area contributed by atoms with Gasteiger partial charge in [0.05, 0.1) is 42.3 Å². The van der Waals surface area contributed by atoms with Crippen molar-refractivity contribution in [2.45, 2.75) is 6.54 Å². The lowest BCUT2D eigenvalue weighted by atomic mass is 10.1. The molecule has 0 N–H and O–H groups in total. The van der Waals surface area contributed by atoms with Gasteiger partial charge in [-0.05, 0) is 53.2 Å². The Morgan fingerprint density at radius 2 is 1.77 bits per heavy atom. The predicted molar refractivity (Wildman–Crippen MR) is 132 cm³/mol. The zero-order valence-corrected chi connectivity index (χ0v) is 19.7. The van der Waals surface area contributed by atoms with Crippen LogP contribution in [0.5, 0.6) is 17.2 Å². The molecule has 1 aliphatic heterocycles. The Morgan fingerprint density at radius 1 is 1.06 bits per heavy atom. The Labute approximate surface area is 205 Å². The largest absolute Gasteiger partial charge is 0.870 e. The monoisotopic (exact) mass is 490 g/mol. The summed E-state index contributed by atoms with van der Waals surface area (Å²) in [7, 11) is 2.83. The van der Waals surface area contributed by atoms with Crippen molar-refractivity contribution in [2.75, 3.05) is 14.2 Å². The summed E-state index contributed by atoms with van der Waals surface area (Å²) < 4.78 is 10.2. The number of nitrogens with zero attached hydrogens (tertiary/aromatic N) is 3. The number of methoxy groups -OCH3 is 2. The van der Waals surface area contributed by atoms with Crippen LogP contribution in [0.1, 0.15) is 11.1 Å². The maximum absolute atomic E-state index is 13.4. The summed E-state index contributed by atoms with van der Waals surface area (Å²) in [5.41, 5.74) is 1.18. The maximum atomic E-state index is 13.4. The van der Waals surface area contributed by atoms with Crippen LogP contribution in [0.25, 0.3) is 6.08 Å². The number of benzene rings is 3. The first-order valence-electron chi connectivity index (χ1n) is 10.4. The van der Waals surface area contributed by atoms with Crippen LogP contribution in [0.2, 0.25) is 0 Å². The number of ether oxygens (including phenoxy) is 2. The average Bonchev–Trinajstić information content (AvgIpc) is 3.15. The third kappa shape index (κ3) is 5.28. The maximum Gasteiger partial charge on any atom is 0.273 e. The molecule has 0 aromatic heterocycles. The van der Waals surface area contributed by atoms with Crippen molar-refractivity contribution in [1.82, 2.24) is 4.90 Å². The van der Waals surface area contributed by atoms with E-state index in [-0.39, 0.29) is 34.4 Å². The van der Waals surface area contributed by atoms with Gasteiger partial charge in [-0.15, -0.1) is 0 Å². The fraction of sp³-hybridized carbons (Fsp3) is 0.120. The molecular weight excluding hydrogens is 470 g/mol. The molecule has 0 spiro atoms. The molecule has 0 radical (unpaired) electrons. The minimum atomic E-state index is -0.619. The number of amidine groups is 1. The Morgan fingerprint density at radius 3 is 2.40 bits per heavy atom. The van der Waals surface area contributed by atoms with Crippen LogP contribution < -0.4 is 14.6 Å². The highest BCUT2D eigenvalue weighted by Crippen LogP contribution is 2.39. The summed E-state index contributed by atoms with van der Waals surface area (Å²) in [6.45, 7) is 0.237. The number of rotatable bonds is 7. The summed E-state index contributed by atoms with van der Waals surface area (Å²) in [4.78, 5) is 30.4. The summed E-state index contributed by atoms with van der Waals surface area (Å²) in [5, 5.41) is 24.4. The summed E-state index contributed by atoms with van der Waals surface area (Å²) in [5.74, 6) is -0.397. The number of non-ortho nitro benzene ring substituents is 1. The first kappa shape index (κ1) is 23.8. The van der Waals surface area contributed by atoms with Crippen LogP contribution in [0, 0.1) is 10.1 Å². The van der Waals surface area contributed by atoms with Crippen LogP contribution in [0.4, 0.5) is 11.4 Å². The minimum absolute atomic E-state index is 0.0164. The van der Waals surface area contributed by atoms with Gasteiger partial charge in [0.2, 0.25) is 0 Å². The van der Waals surface area contributed by atoms with Gasteiger partial charge in [-0.1, -0.05) is 36.1 Å².